The van der Waals surface area contributed by atoms with Crippen LogP contribution >= 0.6 is 0 Å². The lowest BCUT2D eigenvalue weighted by Crippen LogP contribution is -2.40. The van der Waals surface area contributed by atoms with Crippen molar-refractivity contribution in [1.29, 1.82) is 0 Å². The van der Waals surface area contributed by atoms with Gasteiger partial charge in [-0.2, -0.15) is 5.10 Å². The van der Waals surface area contributed by atoms with E-state index in [4.69, 9.17) is 0 Å². The van der Waals surface area contributed by atoms with Crippen molar-refractivity contribution in [3.63, 3.8) is 0 Å². The first-order valence-corrected chi connectivity index (χ1v) is 8.77. The molecule has 0 aliphatic carbocycles. The van der Waals surface area contributed by atoms with Crippen LogP contribution in [-0.4, -0.2) is 43.6 Å². The summed E-state index contributed by atoms with van der Waals surface area (Å²) in [5.74, 6) is -0.155. The van der Waals surface area contributed by atoms with Gasteiger partial charge in [-0.05, 0) is 30.5 Å². The summed E-state index contributed by atoms with van der Waals surface area (Å²) in [5.41, 5.74) is 3.16. The van der Waals surface area contributed by atoms with E-state index in [-0.39, 0.29) is 24.1 Å². The maximum Gasteiger partial charge on any atom is 0.227 e. The number of carbonyl (C=O) groups is 1. The van der Waals surface area contributed by atoms with Crippen molar-refractivity contribution in [1.82, 2.24) is 24.6 Å². The predicted molar refractivity (Wildman–Crippen MR) is 95.0 cm³/mol. The Balaban J connectivity index is 1.53. The Hall–Kier alpha value is -2.83. The first kappa shape index (κ1) is 16.6. The molecule has 0 spiro atoms. The number of hydrogen-bond donors (Lipinski definition) is 0. The highest BCUT2D eigenvalue weighted by atomic mass is 19.1. The van der Waals surface area contributed by atoms with Crippen molar-refractivity contribution in [2.75, 3.05) is 13.1 Å². The number of benzene rings is 1. The molecule has 6 nitrogen and oxygen atoms in total. The molecule has 7 heteroatoms. The molecule has 2 aromatic heterocycles. The number of amides is 1. The van der Waals surface area contributed by atoms with Crippen LogP contribution in [0.15, 0.2) is 36.7 Å². The van der Waals surface area contributed by atoms with Crippen LogP contribution < -0.4 is 0 Å². The van der Waals surface area contributed by atoms with Crippen LogP contribution in [0.5, 0.6) is 0 Å². The lowest BCUT2D eigenvalue weighted by atomic mass is 9.94. The van der Waals surface area contributed by atoms with Crippen LogP contribution in [0.3, 0.4) is 0 Å². The van der Waals surface area contributed by atoms with Gasteiger partial charge >= 0.3 is 0 Å². The molecule has 1 aromatic carbocycles. The quantitative estimate of drug-likeness (QED) is 0.726. The molecule has 3 heterocycles. The van der Waals surface area contributed by atoms with Crippen molar-refractivity contribution in [3.05, 3.63) is 53.7 Å². The smallest absolute Gasteiger partial charge is 0.227 e. The van der Waals surface area contributed by atoms with E-state index in [2.05, 4.69) is 15.1 Å². The molecule has 1 unspecified atom stereocenters. The molecular formula is C19H20FN5O. The number of hydrogen-bond acceptors (Lipinski definition) is 4. The molecule has 1 fully saturated rings. The highest BCUT2D eigenvalue weighted by molar-refractivity contribution is 5.79. The molecule has 1 aliphatic rings. The highest BCUT2D eigenvalue weighted by Crippen LogP contribution is 2.30. The minimum absolute atomic E-state index is 0.0200. The lowest BCUT2D eigenvalue weighted by Gasteiger charge is -2.32. The van der Waals surface area contributed by atoms with Crippen molar-refractivity contribution in [2.45, 2.75) is 25.2 Å². The Morgan fingerprint density at radius 3 is 3.00 bits per heavy atom. The number of carbonyl (C=O) groups excluding carboxylic acids is 1. The summed E-state index contributed by atoms with van der Waals surface area (Å²) < 4.78 is 15.1. The third-order valence-electron chi connectivity index (χ3n) is 4.89. The molecule has 1 saturated heterocycles. The van der Waals surface area contributed by atoms with Crippen LogP contribution in [0, 0.1) is 5.82 Å². The van der Waals surface area contributed by atoms with E-state index in [1.54, 1.807) is 29.2 Å². The van der Waals surface area contributed by atoms with Crippen LogP contribution in [0.4, 0.5) is 4.39 Å². The van der Waals surface area contributed by atoms with Gasteiger partial charge in [0.1, 0.15) is 11.3 Å². The summed E-state index contributed by atoms with van der Waals surface area (Å²) in [5, 5.41) is 4.61. The highest BCUT2D eigenvalue weighted by Gasteiger charge is 2.28. The third kappa shape index (κ3) is 3.16. The average molecular weight is 353 g/mol. The monoisotopic (exact) mass is 353 g/mol. The Morgan fingerprint density at radius 2 is 2.15 bits per heavy atom. The molecule has 1 aliphatic heterocycles. The van der Waals surface area contributed by atoms with Crippen molar-refractivity contribution in [3.8, 4) is 0 Å². The molecule has 0 radical (unpaired) electrons. The molecule has 0 N–H and O–H groups in total. The zero-order chi connectivity index (χ0) is 18.1. The lowest BCUT2D eigenvalue weighted by molar-refractivity contribution is -0.131. The van der Waals surface area contributed by atoms with E-state index in [9.17, 15) is 9.18 Å². The summed E-state index contributed by atoms with van der Waals surface area (Å²) >= 11 is 0. The maximum atomic E-state index is 13.3. The second-order valence-corrected chi connectivity index (χ2v) is 6.72. The fraction of sp³-hybridized carbons (Fsp3) is 0.368. The number of aromatic nitrogens is 4. The zero-order valence-electron chi connectivity index (χ0n) is 14.6. The fourth-order valence-corrected chi connectivity index (χ4v) is 3.64. The molecule has 0 saturated carbocycles. The van der Waals surface area contributed by atoms with E-state index < -0.39 is 0 Å². The molecule has 1 amide bonds. The summed E-state index contributed by atoms with van der Waals surface area (Å²) in [6.45, 7) is 1.33. The van der Waals surface area contributed by atoms with Crippen molar-refractivity contribution in [2.24, 2.45) is 7.05 Å². The van der Waals surface area contributed by atoms with Gasteiger partial charge in [0.05, 0.1) is 12.1 Å². The molecule has 1 atom stereocenters. The van der Waals surface area contributed by atoms with E-state index in [0.717, 1.165) is 36.2 Å². The SMILES string of the molecule is Cn1nc(C2CCCN(C(=O)Cc3cccc(F)c3)C2)c2nccnc21. The van der Waals surface area contributed by atoms with Gasteiger partial charge in [-0.3, -0.25) is 4.79 Å². The Labute approximate surface area is 150 Å². The predicted octanol–water partition coefficient (Wildman–Crippen LogP) is 2.45. The molecule has 134 valence electrons. The second-order valence-electron chi connectivity index (χ2n) is 6.72. The average Bonchev–Trinajstić information content (AvgIpc) is 2.99. The van der Waals surface area contributed by atoms with Gasteiger partial charge in [0.25, 0.3) is 0 Å². The summed E-state index contributed by atoms with van der Waals surface area (Å²) in [6, 6.07) is 6.22. The van der Waals surface area contributed by atoms with E-state index in [1.807, 2.05) is 11.9 Å². The van der Waals surface area contributed by atoms with Gasteiger partial charge in [-0.1, -0.05) is 12.1 Å². The number of fused-ring (bicyclic) bond motifs is 1. The number of rotatable bonds is 3. The maximum absolute atomic E-state index is 13.3. The van der Waals surface area contributed by atoms with Crippen molar-refractivity contribution >= 4 is 17.1 Å². The third-order valence-corrected chi connectivity index (χ3v) is 4.89. The number of likely N-dealkylation sites (tertiary alicyclic amines) is 1. The minimum atomic E-state index is -0.314. The minimum Gasteiger partial charge on any atom is -0.342 e. The number of nitrogens with zero attached hydrogens (tertiary/aromatic N) is 5. The standard InChI is InChI=1S/C19H20FN5O/c1-24-19-18(21-7-8-22-19)17(23-24)14-5-3-9-25(12-14)16(26)11-13-4-2-6-15(20)10-13/h2,4,6-8,10,14H,3,5,9,11-12H2,1H3. The molecule has 0 bridgehead atoms. The van der Waals surface area contributed by atoms with Crippen LogP contribution in [-0.2, 0) is 18.3 Å². The van der Waals surface area contributed by atoms with Gasteiger partial charge in [0, 0.05) is 38.4 Å². The zero-order valence-corrected chi connectivity index (χ0v) is 14.6. The topological polar surface area (TPSA) is 63.9 Å². The summed E-state index contributed by atoms with van der Waals surface area (Å²) in [7, 11) is 1.86. The van der Waals surface area contributed by atoms with E-state index in [1.165, 1.54) is 12.1 Å². The second kappa shape index (κ2) is 6.82. The number of piperidine rings is 1. The Kier molecular flexibility index (Phi) is 4.36. The van der Waals surface area contributed by atoms with Gasteiger partial charge in [0.15, 0.2) is 5.65 Å². The van der Waals surface area contributed by atoms with Crippen LogP contribution in [0.1, 0.15) is 30.0 Å². The normalized spacial score (nSPS) is 17.6. The number of aryl methyl sites for hydroxylation is 1. The first-order valence-electron chi connectivity index (χ1n) is 8.77. The Bertz CT molecular complexity index is 954. The van der Waals surface area contributed by atoms with Gasteiger partial charge in [0.2, 0.25) is 5.91 Å². The first-order chi connectivity index (χ1) is 12.6. The van der Waals surface area contributed by atoms with E-state index >= 15 is 0 Å². The van der Waals surface area contributed by atoms with E-state index in [0.29, 0.717) is 12.1 Å². The van der Waals surface area contributed by atoms with Crippen LogP contribution in [0.2, 0.25) is 0 Å². The van der Waals surface area contributed by atoms with Gasteiger partial charge in [-0.15, -0.1) is 0 Å². The van der Waals surface area contributed by atoms with Gasteiger partial charge < -0.3 is 4.90 Å². The summed E-state index contributed by atoms with van der Waals surface area (Å²) in [6.07, 6.45) is 5.42. The Morgan fingerprint density at radius 1 is 1.31 bits per heavy atom. The molecule has 3 aromatic rings. The molecule has 4 rings (SSSR count). The molecular weight excluding hydrogens is 333 g/mol. The van der Waals surface area contributed by atoms with Crippen molar-refractivity contribution < 1.29 is 9.18 Å². The number of halogens is 1. The largest absolute Gasteiger partial charge is 0.342 e. The van der Waals surface area contributed by atoms with Crippen LogP contribution in [0.25, 0.3) is 11.2 Å². The summed E-state index contributed by atoms with van der Waals surface area (Å²) in [4.78, 5) is 23.3. The van der Waals surface area contributed by atoms with Gasteiger partial charge in [-0.25, -0.2) is 19.0 Å². The fourth-order valence-electron chi connectivity index (χ4n) is 3.64. The molecule has 26 heavy (non-hydrogen) atoms.